The van der Waals surface area contributed by atoms with Gasteiger partial charge in [-0.2, -0.15) is 0 Å². The molecule has 102 valence electrons. The lowest BCUT2D eigenvalue weighted by molar-refractivity contribution is -0.121. The van der Waals surface area contributed by atoms with Gasteiger partial charge in [0.1, 0.15) is 5.78 Å². The van der Waals surface area contributed by atoms with Crippen molar-refractivity contribution < 1.29 is 9.59 Å². The quantitative estimate of drug-likeness (QED) is 0.819. The molecule has 0 bridgehead atoms. The highest BCUT2D eigenvalue weighted by atomic mass is 16.2. The summed E-state index contributed by atoms with van der Waals surface area (Å²) in [4.78, 5) is 25.6. The van der Waals surface area contributed by atoms with Crippen LogP contribution in [0, 0.1) is 13.8 Å². The van der Waals surface area contributed by atoms with E-state index in [0.717, 1.165) is 24.0 Å². The van der Waals surface area contributed by atoms with Crippen LogP contribution in [0.3, 0.4) is 0 Å². The molecule has 3 nitrogen and oxygen atoms in total. The Morgan fingerprint density at radius 1 is 1.21 bits per heavy atom. The van der Waals surface area contributed by atoms with Crippen LogP contribution in [0.5, 0.6) is 0 Å². The Morgan fingerprint density at radius 2 is 1.84 bits per heavy atom. The van der Waals surface area contributed by atoms with Gasteiger partial charge in [0.25, 0.3) is 5.91 Å². The number of rotatable bonds is 2. The molecule has 0 atom stereocenters. The molecule has 1 saturated carbocycles. The molecule has 1 aliphatic rings. The van der Waals surface area contributed by atoms with E-state index in [0.29, 0.717) is 18.6 Å². The fraction of sp³-hybridized carbons (Fsp3) is 0.500. The molecule has 1 aromatic carbocycles. The van der Waals surface area contributed by atoms with Crippen LogP contribution in [0.15, 0.2) is 18.2 Å². The molecule has 0 radical (unpaired) electrons. The summed E-state index contributed by atoms with van der Waals surface area (Å²) in [6.07, 6.45) is 2.81. The zero-order valence-electron chi connectivity index (χ0n) is 11.9. The summed E-state index contributed by atoms with van der Waals surface area (Å²) >= 11 is 0. The van der Waals surface area contributed by atoms with Crippen LogP contribution < -0.4 is 0 Å². The molecule has 1 aliphatic carbocycles. The van der Waals surface area contributed by atoms with Crippen molar-refractivity contribution in [2.24, 2.45) is 0 Å². The van der Waals surface area contributed by atoms with Gasteiger partial charge in [-0.05, 0) is 38.3 Å². The molecule has 0 N–H and O–H groups in total. The molecule has 19 heavy (non-hydrogen) atoms. The number of aryl methyl sites for hydroxylation is 2. The SMILES string of the molecule is Cc1ccc(C(=O)N(C)C2CCC(=O)CC2)c(C)c1. The number of hydrogen-bond donors (Lipinski definition) is 0. The van der Waals surface area contributed by atoms with Crippen LogP contribution in [0.25, 0.3) is 0 Å². The van der Waals surface area contributed by atoms with Gasteiger partial charge in [0, 0.05) is 31.5 Å². The van der Waals surface area contributed by atoms with Crippen molar-refractivity contribution >= 4 is 11.7 Å². The van der Waals surface area contributed by atoms with Crippen molar-refractivity contribution in [2.45, 2.75) is 45.6 Å². The first-order valence-electron chi connectivity index (χ1n) is 6.85. The number of Topliss-reactive ketones (excluding diaryl/α,β-unsaturated/α-hetero) is 1. The fourth-order valence-electron chi connectivity index (χ4n) is 2.72. The Labute approximate surface area is 114 Å². The lowest BCUT2D eigenvalue weighted by Crippen LogP contribution is -2.39. The average molecular weight is 259 g/mol. The van der Waals surface area contributed by atoms with Gasteiger partial charge in [-0.25, -0.2) is 0 Å². The number of amides is 1. The third-order valence-corrected chi connectivity index (χ3v) is 3.99. The van der Waals surface area contributed by atoms with E-state index in [2.05, 4.69) is 0 Å². The van der Waals surface area contributed by atoms with Crippen LogP contribution in [0.4, 0.5) is 0 Å². The Bertz CT molecular complexity index is 497. The summed E-state index contributed by atoms with van der Waals surface area (Å²) in [5, 5.41) is 0. The first-order chi connectivity index (χ1) is 8.99. The molecule has 0 aliphatic heterocycles. The monoisotopic (exact) mass is 259 g/mol. The fourth-order valence-corrected chi connectivity index (χ4v) is 2.72. The topological polar surface area (TPSA) is 37.4 Å². The van der Waals surface area contributed by atoms with E-state index in [1.165, 1.54) is 5.56 Å². The van der Waals surface area contributed by atoms with E-state index in [9.17, 15) is 9.59 Å². The molecule has 1 aromatic rings. The number of carbonyl (C=O) groups is 2. The van der Waals surface area contributed by atoms with E-state index >= 15 is 0 Å². The number of hydrogen-bond acceptors (Lipinski definition) is 2. The largest absolute Gasteiger partial charge is 0.339 e. The summed E-state index contributed by atoms with van der Waals surface area (Å²) in [6, 6.07) is 6.10. The predicted octanol–water partition coefficient (Wildman–Crippen LogP) is 2.89. The van der Waals surface area contributed by atoms with Gasteiger partial charge < -0.3 is 4.90 Å². The van der Waals surface area contributed by atoms with Gasteiger partial charge in [0.2, 0.25) is 0 Å². The zero-order valence-corrected chi connectivity index (χ0v) is 11.9. The Morgan fingerprint density at radius 3 is 2.42 bits per heavy atom. The second-order valence-corrected chi connectivity index (χ2v) is 5.50. The number of ketones is 1. The lowest BCUT2D eigenvalue weighted by Gasteiger charge is -2.31. The molecular formula is C16H21NO2. The highest BCUT2D eigenvalue weighted by Crippen LogP contribution is 2.22. The molecule has 0 spiro atoms. The highest BCUT2D eigenvalue weighted by Gasteiger charge is 2.26. The van der Waals surface area contributed by atoms with E-state index in [4.69, 9.17) is 0 Å². The zero-order chi connectivity index (χ0) is 14.0. The van der Waals surface area contributed by atoms with Gasteiger partial charge in [0.15, 0.2) is 0 Å². The molecule has 1 amide bonds. The van der Waals surface area contributed by atoms with Crippen LogP contribution in [-0.4, -0.2) is 29.7 Å². The first kappa shape index (κ1) is 13.8. The molecular weight excluding hydrogens is 238 g/mol. The summed E-state index contributed by atoms with van der Waals surface area (Å²) in [5.74, 6) is 0.389. The van der Waals surface area contributed by atoms with E-state index in [-0.39, 0.29) is 11.9 Å². The Balaban J connectivity index is 2.12. The third kappa shape index (κ3) is 3.03. The summed E-state index contributed by atoms with van der Waals surface area (Å²) in [5.41, 5.74) is 2.95. The van der Waals surface area contributed by atoms with Gasteiger partial charge in [-0.1, -0.05) is 17.7 Å². The normalized spacial score (nSPS) is 16.5. The second kappa shape index (κ2) is 5.55. The van der Waals surface area contributed by atoms with E-state index < -0.39 is 0 Å². The molecule has 2 rings (SSSR count). The van der Waals surface area contributed by atoms with Crippen LogP contribution in [-0.2, 0) is 4.79 Å². The molecule has 0 unspecified atom stereocenters. The smallest absolute Gasteiger partial charge is 0.254 e. The van der Waals surface area contributed by atoms with Crippen LogP contribution in [0.2, 0.25) is 0 Å². The van der Waals surface area contributed by atoms with Gasteiger partial charge in [-0.3, -0.25) is 9.59 Å². The minimum Gasteiger partial charge on any atom is -0.339 e. The number of nitrogens with zero attached hydrogens (tertiary/aromatic N) is 1. The Kier molecular flexibility index (Phi) is 4.03. The first-order valence-corrected chi connectivity index (χ1v) is 6.85. The van der Waals surface area contributed by atoms with Crippen molar-refractivity contribution in [1.82, 2.24) is 4.90 Å². The Hall–Kier alpha value is -1.64. The van der Waals surface area contributed by atoms with Crippen LogP contribution in [0.1, 0.15) is 47.2 Å². The number of carbonyl (C=O) groups excluding carboxylic acids is 2. The maximum Gasteiger partial charge on any atom is 0.254 e. The van der Waals surface area contributed by atoms with Crippen molar-refractivity contribution in [3.05, 3.63) is 34.9 Å². The van der Waals surface area contributed by atoms with Crippen molar-refractivity contribution in [3.8, 4) is 0 Å². The van der Waals surface area contributed by atoms with Gasteiger partial charge >= 0.3 is 0 Å². The van der Waals surface area contributed by atoms with Crippen molar-refractivity contribution in [2.75, 3.05) is 7.05 Å². The lowest BCUT2D eigenvalue weighted by atomic mass is 9.92. The molecule has 3 heteroatoms. The minimum atomic E-state index is 0.0665. The highest BCUT2D eigenvalue weighted by molar-refractivity contribution is 5.95. The van der Waals surface area contributed by atoms with Crippen molar-refractivity contribution in [3.63, 3.8) is 0 Å². The molecule has 0 saturated heterocycles. The third-order valence-electron chi connectivity index (χ3n) is 3.99. The average Bonchev–Trinajstić information content (AvgIpc) is 2.38. The van der Waals surface area contributed by atoms with Gasteiger partial charge in [0.05, 0.1) is 0 Å². The van der Waals surface area contributed by atoms with Crippen molar-refractivity contribution in [1.29, 1.82) is 0 Å². The summed E-state index contributed by atoms with van der Waals surface area (Å²) in [7, 11) is 1.85. The number of benzene rings is 1. The predicted molar refractivity (Wildman–Crippen MR) is 75.3 cm³/mol. The standard InChI is InChI=1S/C16H21NO2/c1-11-4-9-15(12(2)10-11)16(19)17(3)13-5-7-14(18)8-6-13/h4,9-10,13H,5-8H2,1-3H3. The molecule has 0 heterocycles. The minimum absolute atomic E-state index is 0.0665. The second-order valence-electron chi connectivity index (χ2n) is 5.50. The maximum atomic E-state index is 12.5. The van der Waals surface area contributed by atoms with Crippen LogP contribution >= 0.6 is 0 Å². The van der Waals surface area contributed by atoms with Gasteiger partial charge in [-0.15, -0.1) is 0 Å². The van der Waals surface area contributed by atoms with E-state index in [1.54, 1.807) is 0 Å². The summed E-state index contributed by atoms with van der Waals surface area (Å²) < 4.78 is 0. The maximum absolute atomic E-state index is 12.5. The van der Waals surface area contributed by atoms with E-state index in [1.807, 2.05) is 44.0 Å². The molecule has 0 aromatic heterocycles. The summed E-state index contributed by atoms with van der Waals surface area (Å²) in [6.45, 7) is 4.00. The molecule has 1 fully saturated rings.